The summed E-state index contributed by atoms with van der Waals surface area (Å²) >= 11 is 3.20. The summed E-state index contributed by atoms with van der Waals surface area (Å²) in [4.78, 5) is 30.1. The Hall–Kier alpha value is -2.84. The fourth-order valence-corrected chi connectivity index (χ4v) is 4.45. The lowest BCUT2D eigenvalue weighted by Crippen LogP contribution is -2.44. The molecule has 1 aromatic carbocycles. The summed E-state index contributed by atoms with van der Waals surface area (Å²) in [6.45, 7) is 6.19. The number of imidazole rings is 1. The van der Waals surface area contributed by atoms with Gasteiger partial charge in [-0.05, 0) is 84.9 Å². The molecule has 0 saturated heterocycles. The molecule has 0 aliphatic rings. The average Bonchev–Trinajstić information content (AvgIpc) is 3.49. The Morgan fingerprint density at radius 2 is 2.12 bits per heavy atom. The lowest BCUT2D eigenvalue weighted by molar-refractivity contribution is -0.157. The zero-order chi connectivity index (χ0) is 24.6. The molecule has 1 atom stereocenters. The maximum absolute atomic E-state index is 13.3. The number of amides is 1. The molecule has 0 aliphatic carbocycles. The van der Waals surface area contributed by atoms with Gasteiger partial charge in [-0.2, -0.15) is 23.1 Å². The van der Waals surface area contributed by atoms with Gasteiger partial charge < -0.3 is 14.6 Å². The fourth-order valence-electron chi connectivity index (χ4n) is 3.32. The van der Waals surface area contributed by atoms with Gasteiger partial charge in [0.15, 0.2) is 0 Å². The Morgan fingerprint density at radius 3 is 2.76 bits per heavy atom. The molecule has 0 bridgehead atoms. The van der Waals surface area contributed by atoms with Gasteiger partial charge in [0.2, 0.25) is 0 Å². The number of hydrogen-bond acceptors (Lipinski definition) is 6. The highest BCUT2D eigenvalue weighted by atomic mass is 32.2. The first-order valence-electron chi connectivity index (χ1n) is 11.1. The van der Waals surface area contributed by atoms with Crippen molar-refractivity contribution < 1.29 is 14.3 Å². The van der Waals surface area contributed by atoms with E-state index in [-0.39, 0.29) is 5.91 Å². The Kier molecular flexibility index (Phi) is 9.12. The predicted octanol–water partition coefficient (Wildman–Crippen LogP) is 5.52. The highest BCUT2D eigenvalue weighted by Gasteiger charge is 2.27. The predicted molar refractivity (Wildman–Crippen MR) is 141 cm³/mol. The number of esters is 1. The second-order valence-electron chi connectivity index (χ2n) is 8.82. The molecule has 1 amide bonds. The zero-order valence-electron chi connectivity index (χ0n) is 20.0. The number of nitrogens with one attached hydrogen (secondary N) is 1. The molecule has 2 heterocycles. The smallest absolute Gasteiger partial charge is 0.329 e. The van der Waals surface area contributed by atoms with Crippen molar-refractivity contribution in [2.45, 2.75) is 45.4 Å². The van der Waals surface area contributed by atoms with Crippen molar-refractivity contribution in [2.75, 3.05) is 12.0 Å². The number of carbonyl (C=O) groups excluding carboxylic acids is 2. The first-order valence-corrected chi connectivity index (χ1v) is 13.4. The number of aromatic nitrogens is 2. The second-order valence-corrected chi connectivity index (χ2v) is 10.6. The van der Waals surface area contributed by atoms with Crippen LogP contribution in [-0.2, 0) is 16.1 Å². The SMILES string of the molecule is CSCC[C@H](NC(=O)c1ccc(/C=C/Cn2ccnc2)cc1-c1ccsc1)C(=O)OC(C)(C)C. The standard InChI is InChI=1S/C26H31N3O3S2/c1-26(2,3)32-25(31)23(10-14-33-4)28-24(30)21-8-7-19(6-5-12-29-13-11-27-18-29)16-22(21)20-9-15-34-17-20/h5-9,11,13,15-18,23H,10,12,14H2,1-4H3,(H,28,30)/b6-5+/t23-/m0/s1. The first-order chi connectivity index (χ1) is 16.3. The number of rotatable bonds is 10. The van der Waals surface area contributed by atoms with Crippen molar-refractivity contribution in [1.29, 1.82) is 0 Å². The second kappa shape index (κ2) is 12.0. The summed E-state index contributed by atoms with van der Waals surface area (Å²) in [6.07, 6.45) is 12.0. The van der Waals surface area contributed by atoms with Gasteiger partial charge in [0.1, 0.15) is 11.6 Å². The van der Waals surface area contributed by atoms with E-state index >= 15 is 0 Å². The molecule has 2 aromatic heterocycles. The molecule has 0 aliphatic heterocycles. The van der Waals surface area contributed by atoms with Crippen molar-refractivity contribution in [1.82, 2.24) is 14.9 Å². The van der Waals surface area contributed by atoms with Crippen LogP contribution in [-0.4, -0.2) is 45.1 Å². The van der Waals surface area contributed by atoms with Gasteiger partial charge in [-0.25, -0.2) is 9.78 Å². The van der Waals surface area contributed by atoms with E-state index in [2.05, 4.69) is 16.4 Å². The number of hydrogen-bond donors (Lipinski definition) is 1. The topological polar surface area (TPSA) is 73.2 Å². The average molecular weight is 498 g/mol. The number of thiophene rings is 1. The van der Waals surface area contributed by atoms with Crippen LogP contribution in [0.15, 0.2) is 59.8 Å². The van der Waals surface area contributed by atoms with Crippen LogP contribution in [0.5, 0.6) is 0 Å². The van der Waals surface area contributed by atoms with Gasteiger partial charge in [0, 0.05) is 24.5 Å². The molecular formula is C26H31N3O3S2. The van der Waals surface area contributed by atoms with Gasteiger partial charge in [0.05, 0.1) is 6.33 Å². The van der Waals surface area contributed by atoms with Crippen LogP contribution < -0.4 is 5.32 Å². The van der Waals surface area contributed by atoms with Gasteiger partial charge in [0.25, 0.3) is 5.91 Å². The molecule has 8 heteroatoms. The quantitative estimate of drug-likeness (QED) is 0.374. The Labute approximate surface area is 209 Å². The van der Waals surface area contributed by atoms with E-state index in [4.69, 9.17) is 4.74 Å². The van der Waals surface area contributed by atoms with Crippen LogP contribution in [0.3, 0.4) is 0 Å². The van der Waals surface area contributed by atoms with Crippen LogP contribution in [0.25, 0.3) is 17.2 Å². The number of benzene rings is 1. The van der Waals surface area contributed by atoms with Gasteiger partial charge in [-0.3, -0.25) is 4.79 Å². The fraction of sp³-hybridized carbons (Fsp3) is 0.346. The minimum Gasteiger partial charge on any atom is -0.458 e. The minimum atomic E-state index is -0.704. The molecular weight excluding hydrogens is 466 g/mol. The number of ether oxygens (including phenoxy) is 1. The molecule has 0 spiro atoms. The molecule has 3 aromatic rings. The number of carbonyl (C=O) groups is 2. The largest absolute Gasteiger partial charge is 0.458 e. The number of allylic oxidation sites excluding steroid dienone is 1. The van der Waals surface area contributed by atoms with E-state index in [0.717, 1.165) is 22.4 Å². The molecule has 0 unspecified atom stereocenters. The van der Waals surface area contributed by atoms with Crippen LogP contribution >= 0.6 is 23.1 Å². The van der Waals surface area contributed by atoms with Crippen LogP contribution in [0.1, 0.15) is 43.1 Å². The molecule has 0 fully saturated rings. The third kappa shape index (κ3) is 7.60. The van der Waals surface area contributed by atoms with Crippen LogP contribution in [0.4, 0.5) is 0 Å². The van der Waals surface area contributed by atoms with E-state index in [1.165, 1.54) is 0 Å². The number of thioether (sulfide) groups is 1. The molecule has 0 radical (unpaired) electrons. The van der Waals surface area contributed by atoms with Gasteiger partial charge >= 0.3 is 5.97 Å². The zero-order valence-corrected chi connectivity index (χ0v) is 21.6. The van der Waals surface area contributed by atoms with Crippen molar-refractivity contribution in [3.8, 4) is 11.1 Å². The normalized spacial score (nSPS) is 12.6. The summed E-state index contributed by atoms with van der Waals surface area (Å²) in [7, 11) is 0. The van der Waals surface area contributed by atoms with Crippen LogP contribution in [0.2, 0.25) is 0 Å². The molecule has 1 N–H and O–H groups in total. The van der Waals surface area contributed by atoms with E-state index in [1.54, 1.807) is 35.6 Å². The Bertz CT molecular complexity index is 1100. The van der Waals surface area contributed by atoms with E-state index in [1.807, 2.05) is 78.9 Å². The van der Waals surface area contributed by atoms with Crippen molar-refractivity contribution >= 4 is 41.1 Å². The highest BCUT2D eigenvalue weighted by molar-refractivity contribution is 7.98. The van der Waals surface area contributed by atoms with Crippen LogP contribution in [0, 0.1) is 0 Å². The monoisotopic (exact) mass is 497 g/mol. The van der Waals surface area contributed by atoms with Gasteiger partial charge in [-0.1, -0.05) is 18.2 Å². The summed E-state index contributed by atoms with van der Waals surface area (Å²) in [5.41, 5.74) is 2.70. The van der Waals surface area contributed by atoms with E-state index in [9.17, 15) is 9.59 Å². The first kappa shape index (κ1) is 25.8. The third-order valence-corrected chi connectivity index (χ3v) is 6.24. The maximum atomic E-state index is 13.3. The van der Waals surface area contributed by atoms with E-state index < -0.39 is 17.6 Å². The summed E-state index contributed by atoms with van der Waals surface area (Å²) in [6, 6.07) is 7.03. The lowest BCUT2D eigenvalue weighted by Gasteiger charge is -2.25. The molecule has 6 nitrogen and oxygen atoms in total. The van der Waals surface area contributed by atoms with Crippen molar-refractivity contribution in [2.24, 2.45) is 0 Å². The van der Waals surface area contributed by atoms with Crippen molar-refractivity contribution in [3.05, 3.63) is 70.9 Å². The van der Waals surface area contributed by atoms with Gasteiger partial charge in [-0.15, -0.1) is 0 Å². The maximum Gasteiger partial charge on any atom is 0.329 e. The highest BCUT2D eigenvalue weighted by Crippen LogP contribution is 2.28. The lowest BCUT2D eigenvalue weighted by atomic mass is 9.98. The summed E-state index contributed by atoms with van der Waals surface area (Å²) < 4.78 is 7.53. The number of nitrogens with zero attached hydrogens (tertiary/aromatic N) is 2. The Morgan fingerprint density at radius 1 is 1.29 bits per heavy atom. The minimum absolute atomic E-state index is 0.285. The Balaban J connectivity index is 1.83. The molecule has 34 heavy (non-hydrogen) atoms. The van der Waals surface area contributed by atoms with Crippen molar-refractivity contribution in [3.63, 3.8) is 0 Å². The molecule has 0 saturated carbocycles. The summed E-state index contributed by atoms with van der Waals surface area (Å²) in [5, 5.41) is 6.93. The summed E-state index contributed by atoms with van der Waals surface area (Å²) in [5.74, 6) is 0.0422. The van der Waals surface area contributed by atoms with E-state index in [0.29, 0.717) is 18.5 Å². The molecule has 3 rings (SSSR count). The third-order valence-electron chi connectivity index (χ3n) is 4.91. The molecule has 180 valence electrons.